The van der Waals surface area contributed by atoms with E-state index in [4.69, 9.17) is 11.6 Å². The Morgan fingerprint density at radius 1 is 1.09 bits per heavy atom. The first-order valence-electron chi connectivity index (χ1n) is 7.12. The van der Waals surface area contributed by atoms with E-state index < -0.39 is 0 Å². The van der Waals surface area contributed by atoms with Gasteiger partial charge in [-0.25, -0.2) is 4.98 Å². The minimum Gasteiger partial charge on any atom is -0.328 e. The van der Waals surface area contributed by atoms with Crippen LogP contribution < -0.4 is 5.49 Å². The highest BCUT2D eigenvalue weighted by Crippen LogP contribution is 2.08. The van der Waals surface area contributed by atoms with Crippen LogP contribution in [0.3, 0.4) is 0 Å². The second kappa shape index (κ2) is 7.03. The van der Waals surface area contributed by atoms with Gasteiger partial charge in [0.2, 0.25) is 0 Å². The van der Waals surface area contributed by atoms with Crippen molar-refractivity contribution in [2.45, 2.75) is 6.54 Å². The molecule has 5 heteroatoms. The summed E-state index contributed by atoms with van der Waals surface area (Å²) in [4.78, 5) is 20.4. The molecule has 0 spiro atoms. The largest absolute Gasteiger partial charge is 0.328 e. The van der Waals surface area contributed by atoms with Crippen molar-refractivity contribution in [2.24, 2.45) is 4.99 Å². The van der Waals surface area contributed by atoms with Crippen LogP contribution in [0.1, 0.15) is 15.9 Å². The fraction of sp³-hybridized carbons (Fsp3) is 0.0556. The highest BCUT2D eigenvalue weighted by molar-refractivity contribution is 6.29. The lowest BCUT2D eigenvalue weighted by Crippen LogP contribution is -2.22. The first-order valence-corrected chi connectivity index (χ1v) is 7.50. The zero-order chi connectivity index (χ0) is 16.1. The molecular formula is C18H14ClN3O. The molecule has 0 atom stereocenters. The molecule has 4 nitrogen and oxygen atoms in total. The summed E-state index contributed by atoms with van der Waals surface area (Å²) in [6.45, 7) is 0.644. The van der Waals surface area contributed by atoms with Crippen LogP contribution in [0.15, 0.2) is 78.0 Å². The van der Waals surface area contributed by atoms with E-state index in [9.17, 15) is 4.79 Å². The van der Waals surface area contributed by atoms with Crippen LogP contribution in [0, 0.1) is 0 Å². The standard InChI is InChI=1S/C18H14ClN3O/c19-16-12-15(9-10-20-16)18(23)21-17-8-4-5-11-22(17)13-14-6-2-1-3-7-14/h1-12H,13H2. The Balaban J connectivity index is 1.95. The Morgan fingerprint density at radius 2 is 1.87 bits per heavy atom. The SMILES string of the molecule is O=C(N=c1ccccn1Cc1ccccc1)c1ccnc(Cl)c1. The molecule has 0 aliphatic carbocycles. The Hall–Kier alpha value is -2.72. The van der Waals surface area contributed by atoms with Crippen LogP contribution in [0.4, 0.5) is 0 Å². The van der Waals surface area contributed by atoms with Crippen molar-refractivity contribution in [3.8, 4) is 0 Å². The van der Waals surface area contributed by atoms with Gasteiger partial charge in [0, 0.05) is 24.5 Å². The van der Waals surface area contributed by atoms with Gasteiger partial charge >= 0.3 is 0 Å². The van der Waals surface area contributed by atoms with Crippen LogP contribution in [-0.4, -0.2) is 15.5 Å². The van der Waals surface area contributed by atoms with E-state index in [2.05, 4.69) is 9.98 Å². The van der Waals surface area contributed by atoms with Gasteiger partial charge in [-0.2, -0.15) is 4.99 Å². The number of hydrogen-bond donors (Lipinski definition) is 0. The quantitative estimate of drug-likeness (QED) is 0.694. The molecule has 114 valence electrons. The van der Waals surface area contributed by atoms with Crippen LogP contribution in [0.2, 0.25) is 5.15 Å². The van der Waals surface area contributed by atoms with E-state index in [1.807, 2.05) is 59.3 Å². The number of pyridine rings is 2. The van der Waals surface area contributed by atoms with E-state index in [-0.39, 0.29) is 11.1 Å². The molecule has 0 aliphatic heterocycles. The Kier molecular flexibility index (Phi) is 4.64. The normalized spacial score (nSPS) is 11.4. The van der Waals surface area contributed by atoms with Crippen LogP contribution in [0.25, 0.3) is 0 Å². The first kappa shape index (κ1) is 15.2. The van der Waals surface area contributed by atoms with E-state index in [1.54, 1.807) is 6.07 Å². The maximum Gasteiger partial charge on any atom is 0.279 e. The third-order valence-corrected chi connectivity index (χ3v) is 3.51. The van der Waals surface area contributed by atoms with Crippen molar-refractivity contribution in [3.05, 3.63) is 94.8 Å². The number of aromatic nitrogens is 2. The molecule has 3 aromatic rings. The average molecular weight is 324 g/mol. The van der Waals surface area contributed by atoms with Gasteiger partial charge in [-0.3, -0.25) is 4.79 Å². The van der Waals surface area contributed by atoms with Gasteiger partial charge < -0.3 is 4.57 Å². The number of hydrogen-bond acceptors (Lipinski definition) is 2. The summed E-state index contributed by atoms with van der Waals surface area (Å²) < 4.78 is 1.93. The van der Waals surface area contributed by atoms with Crippen molar-refractivity contribution >= 4 is 17.5 Å². The number of halogens is 1. The minimum absolute atomic E-state index is 0.274. The van der Waals surface area contributed by atoms with Crippen molar-refractivity contribution in [2.75, 3.05) is 0 Å². The molecule has 1 amide bonds. The lowest BCUT2D eigenvalue weighted by atomic mass is 10.2. The molecule has 0 unspecified atom stereocenters. The summed E-state index contributed by atoms with van der Waals surface area (Å²) in [7, 11) is 0. The Bertz CT molecular complexity index is 888. The zero-order valence-electron chi connectivity index (χ0n) is 12.3. The smallest absolute Gasteiger partial charge is 0.279 e. The fourth-order valence-corrected chi connectivity index (χ4v) is 2.36. The van der Waals surface area contributed by atoms with Gasteiger partial charge in [0.25, 0.3) is 5.91 Å². The number of carbonyl (C=O) groups is 1. The molecular weight excluding hydrogens is 310 g/mol. The molecule has 0 fully saturated rings. The van der Waals surface area contributed by atoms with Gasteiger partial charge in [-0.1, -0.05) is 48.0 Å². The summed E-state index contributed by atoms with van der Waals surface area (Å²) >= 11 is 5.82. The maximum absolute atomic E-state index is 12.3. The number of nitrogens with zero attached hydrogens (tertiary/aromatic N) is 3. The van der Waals surface area contributed by atoms with Crippen LogP contribution in [-0.2, 0) is 6.54 Å². The summed E-state index contributed by atoms with van der Waals surface area (Å²) in [6.07, 6.45) is 3.40. The molecule has 3 rings (SSSR count). The Labute approximate surface area is 138 Å². The van der Waals surface area contributed by atoms with Gasteiger partial charge in [0.05, 0.1) is 0 Å². The molecule has 0 N–H and O–H groups in total. The van der Waals surface area contributed by atoms with Gasteiger partial charge in [-0.05, 0) is 29.8 Å². The van der Waals surface area contributed by atoms with E-state index in [0.717, 1.165) is 5.56 Å². The highest BCUT2D eigenvalue weighted by atomic mass is 35.5. The first-order chi connectivity index (χ1) is 11.2. The predicted octanol–water partition coefficient (Wildman–Crippen LogP) is 3.33. The summed E-state index contributed by atoms with van der Waals surface area (Å²) in [5, 5.41) is 0.274. The summed E-state index contributed by atoms with van der Waals surface area (Å²) in [5.41, 5.74) is 2.15. The lowest BCUT2D eigenvalue weighted by molar-refractivity contribution is 0.0997. The van der Waals surface area contributed by atoms with E-state index >= 15 is 0 Å². The molecule has 0 bridgehead atoms. The maximum atomic E-state index is 12.3. The van der Waals surface area contributed by atoms with Crippen LogP contribution in [0.5, 0.6) is 0 Å². The third-order valence-electron chi connectivity index (χ3n) is 3.30. The van der Waals surface area contributed by atoms with Gasteiger partial charge in [0.15, 0.2) is 0 Å². The van der Waals surface area contributed by atoms with Gasteiger partial charge in [0.1, 0.15) is 10.6 Å². The lowest BCUT2D eigenvalue weighted by Gasteiger charge is -2.07. The van der Waals surface area contributed by atoms with Crippen molar-refractivity contribution in [3.63, 3.8) is 0 Å². The Morgan fingerprint density at radius 3 is 2.65 bits per heavy atom. The second-order valence-corrected chi connectivity index (χ2v) is 5.34. The number of amides is 1. The van der Waals surface area contributed by atoms with Crippen molar-refractivity contribution < 1.29 is 4.79 Å². The average Bonchev–Trinajstić information content (AvgIpc) is 2.57. The molecule has 0 saturated carbocycles. The van der Waals surface area contributed by atoms with E-state index in [1.165, 1.54) is 12.3 Å². The molecule has 2 aromatic heterocycles. The minimum atomic E-state index is -0.345. The molecule has 23 heavy (non-hydrogen) atoms. The van der Waals surface area contributed by atoms with Crippen molar-refractivity contribution in [1.29, 1.82) is 0 Å². The summed E-state index contributed by atoms with van der Waals surface area (Å²) in [5.74, 6) is -0.345. The second-order valence-electron chi connectivity index (χ2n) is 4.96. The number of benzene rings is 1. The van der Waals surface area contributed by atoms with Crippen molar-refractivity contribution in [1.82, 2.24) is 9.55 Å². The highest BCUT2D eigenvalue weighted by Gasteiger charge is 2.05. The molecule has 0 radical (unpaired) electrons. The van der Waals surface area contributed by atoms with E-state index in [0.29, 0.717) is 17.6 Å². The third kappa shape index (κ3) is 3.93. The zero-order valence-corrected chi connectivity index (χ0v) is 13.0. The molecule has 1 aromatic carbocycles. The predicted molar refractivity (Wildman–Crippen MR) is 89.1 cm³/mol. The fourth-order valence-electron chi connectivity index (χ4n) is 2.19. The van der Waals surface area contributed by atoms with Crippen LogP contribution >= 0.6 is 11.6 Å². The monoisotopic (exact) mass is 323 g/mol. The topological polar surface area (TPSA) is 47.2 Å². The molecule has 0 aliphatic rings. The number of carbonyl (C=O) groups excluding carboxylic acids is 1. The number of rotatable bonds is 3. The molecule has 0 saturated heterocycles. The van der Waals surface area contributed by atoms with Gasteiger partial charge in [-0.15, -0.1) is 0 Å². The summed E-state index contributed by atoms with van der Waals surface area (Å²) in [6, 6.07) is 18.7. The molecule has 2 heterocycles.